The Hall–Kier alpha value is -2.39. The van der Waals surface area contributed by atoms with E-state index in [2.05, 4.69) is 15.5 Å². The van der Waals surface area contributed by atoms with E-state index < -0.39 is 11.9 Å². The van der Waals surface area contributed by atoms with Crippen LogP contribution in [0.25, 0.3) is 0 Å². The van der Waals surface area contributed by atoms with Gasteiger partial charge in [0.2, 0.25) is 5.88 Å². The molecule has 0 aliphatic rings. The average molecular weight is 340 g/mol. The number of carboxylic acid groups (broad SMARTS) is 1. The molecule has 0 saturated carbocycles. The van der Waals surface area contributed by atoms with Crippen LogP contribution in [0.15, 0.2) is 23.4 Å². The number of hydrazine groups is 1. The van der Waals surface area contributed by atoms with Crippen LogP contribution in [0.1, 0.15) is 31.7 Å². The fraction of sp³-hybridized carbons (Fsp3) is 0.533. The zero-order valence-corrected chi connectivity index (χ0v) is 14.2. The molecule has 0 fully saturated rings. The number of nitrogens with one attached hydrogen (secondary N) is 1. The molecule has 0 aliphatic carbocycles. The fourth-order valence-electron chi connectivity index (χ4n) is 1.75. The monoisotopic (exact) mass is 340 g/mol. The summed E-state index contributed by atoms with van der Waals surface area (Å²) in [4.78, 5) is 14.7. The first kappa shape index (κ1) is 21.6. The van der Waals surface area contributed by atoms with Crippen LogP contribution < -0.4 is 27.6 Å². The van der Waals surface area contributed by atoms with E-state index in [4.69, 9.17) is 27.3 Å². The van der Waals surface area contributed by atoms with Crippen LogP contribution in [-0.4, -0.2) is 35.0 Å². The summed E-state index contributed by atoms with van der Waals surface area (Å²) in [5, 5.41) is 12.1. The molecule has 9 heteroatoms. The quantitative estimate of drug-likeness (QED) is 0.196. The summed E-state index contributed by atoms with van der Waals surface area (Å²) in [7, 11) is 0. The molecule has 0 radical (unpaired) electrons. The van der Waals surface area contributed by atoms with Crippen molar-refractivity contribution in [3.05, 3.63) is 23.9 Å². The molecule has 136 valence electrons. The smallest absolute Gasteiger partial charge is 0.306 e. The van der Waals surface area contributed by atoms with E-state index in [1.165, 1.54) is 0 Å². The van der Waals surface area contributed by atoms with Crippen molar-refractivity contribution in [3.8, 4) is 5.88 Å². The number of nitrogens with zero attached hydrogens (tertiary/aromatic N) is 2. The topological polar surface area (TPSA) is 162 Å². The number of amidine groups is 1. The largest absolute Gasteiger partial charge is 0.481 e. The number of hydrogen-bond acceptors (Lipinski definition) is 7. The van der Waals surface area contributed by atoms with E-state index in [1.807, 2.05) is 26.0 Å². The van der Waals surface area contributed by atoms with Gasteiger partial charge < -0.3 is 26.8 Å². The van der Waals surface area contributed by atoms with E-state index in [0.717, 1.165) is 12.0 Å². The van der Waals surface area contributed by atoms with Crippen LogP contribution in [0.3, 0.4) is 0 Å². The number of carbonyl (C=O) groups is 1. The summed E-state index contributed by atoms with van der Waals surface area (Å²) in [6.07, 6.45) is 3.41. The summed E-state index contributed by atoms with van der Waals surface area (Å²) in [5.74, 6) is 9.68. The maximum absolute atomic E-state index is 10.7. The number of aromatic nitrogens is 1. The highest BCUT2D eigenvalue weighted by atomic mass is 16.5. The molecular formula is C15H28N6O3. The first-order valence-electron chi connectivity index (χ1n) is 7.70. The van der Waals surface area contributed by atoms with E-state index in [-0.39, 0.29) is 6.42 Å². The third-order valence-corrected chi connectivity index (χ3v) is 3.00. The number of hydrogen-bond donors (Lipinski definition) is 5. The highest BCUT2D eigenvalue weighted by Gasteiger charge is 2.18. The van der Waals surface area contributed by atoms with Crippen molar-refractivity contribution < 1.29 is 14.6 Å². The SMILES string of the molecule is CCC[C@@H](C/C(=N/N)NN)C(=O)O.Cc1ccc(OCCN)nc1. The van der Waals surface area contributed by atoms with Crippen LogP contribution in [0.5, 0.6) is 5.88 Å². The van der Waals surface area contributed by atoms with Gasteiger partial charge in [-0.2, -0.15) is 5.10 Å². The third kappa shape index (κ3) is 9.59. The second kappa shape index (κ2) is 13.1. The Morgan fingerprint density at radius 1 is 1.50 bits per heavy atom. The Bertz CT molecular complexity index is 492. The molecule has 0 aliphatic heterocycles. The number of carboxylic acids is 1. The predicted octanol–water partition coefficient (Wildman–Crippen LogP) is 0.340. The van der Waals surface area contributed by atoms with Crippen molar-refractivity contribution in [1.29, 1.82) is 0 Å². The van der Waals surface area contributed by atoms with Crippen LogP contribution in [0, 0.1) is 12.8 Å². The molecule has 1 aromatic rings. The molecule has 0 spiro atoms. The Kier molecular flexibility index (Phi) is 11.8. The van der Waals surface area contributed by atoms with Gasteiger partial charge in [0.1, 0.15) is 12.4 Å². The van der Waals surface area contributed by atoms with E-state index in [9.17, 15) is 4.79 Å². The number of pyridine rings is 1. The number of ether oxygens (including phenoxy) is 1. The summed E-state index contributed by atoms with van der Waals surface area (Å²) in [5.41, 5.74) is 8.64. The van der Waals surface area contributed by atoms with Crippen LogP contribution >= 0.6 is 0 Å². The Labute approximate surface area is 142 Å². The summed E-state index contributed by atoms with van der Waals surface area (Å²) in [6, 6.07) is 3.80. The lowest BCUT2D eigenvalue weighted by atomic mass is 10.00. The van der Waals surface area contributed by atoms with Gasteiger partial charge >= 0.3 is 5.97 Å². The van der Waals surface area contributed by atoms with Crippen molar-refractivity contribution in [2.75, 3.05) is 13.2 Å². The number of rotatable bonds is 8. The zero-order chi connectivity index (χ0) is 18.4. The lowest BCUT2D eigenvalue weighted by molar-refractivity contribution is -0.141. The van der Waals surface area contributed by atoms with Gasteiger partial charge in [-0.25, -0.2) is 10.8 Å². The van der Waals surface area contributed by atoms with Crippen LogP contribution in [0.4, 0.5) is 0 Å². The van der Waals surface area contributed by atoms with Crippen molar-refractivity contribution in [2.45, 2.75) is 33.1 Å². The number of aryl methyl sites for hydroxylation is 1. The molecule has 0 saturated heterocycles. The molecule has 1 rings (SSSR count). The molecule has 0 unspecified atom stereocenters. The Morgan fingerprint density at radius 2 is 2.21 bits per heavy atom. The minimum Gasteiger partial charge on any atom is -0.481 e. The van der Waals surface area contributed by atoms with Crippen molar-refractivity contribution >= 4 is 11.8 Å². The zero-order valence-electron chi connectivity index (χ0n) is 14.2. The lowest BCUT2D eigenvalue weighted by Crippen LogP contribution is -2.34. The summed E-state index contributed by atoms with van der Waals surface area (Å²) >= 11 is 0. The fourth-order valence-corrected chi connectivity index (χ4v) is 1.75. The third-order valence-electron chi connectivity index (χ3n) is 3.00. The molecular weight excluding hydrogens is 312 g/mol. The average Bonchev–Trinajstić information content (AvgIpc) is 2.58. The molecule has 1 heterocycles. The molecule has 1 aromatic heterocycles. The maximum atomic E-state index is 10.7. The summed E-state index contributed by atoms with van der Waals surface area (Å²) in [6.45, 7) is 4.95. The normalized spacial score (nSPS) is 11.9. The summed E-state index contributed by atoms with van der Waals surface area (Å²) < 4.78 is 5.17. The molecule has 9 nitrogen and oxygen atoms in total. The highest BCUT2D eigenvalue weighted by molar-refractivity contribution is 5.85. The van der Waals surface area contributed by atoms with Gasteiger partial charge in [-0.15, -0.1) is 0 Å². The van der Waals surface area contributed by atoms with E-state index in [0.29, 0.717) is 31.3 Å². The first-order chi connectivity index (χ1) is 11.5. The second-order valence-corrected chi connectivity index (χ2v) is 5.06. The molecule has 8 N–H and O–H groups in total. The van der Waals surface area contributed by atoms with Gasteiger partial charge in [0, 0.05) is 25.2 Å². The molecule has 0 amide bonds. The van der Waals surface area contributed by atoms with E-state index in [1.54, 1.807) is 6.20 Å². The van der Waals surface area contributed by atoms with Crippen molar-refractivity contribution in [2.24, 2.45) is 28.4 Å². The van der Waals surface area contributed by atoms with Gasteiger partial charge in [-0.1, -0.05) is 19.4 Å². The van der Waals surface area contributed by atoms with Gasteiger partial charge in [-0.3, -0.25) is 4.79 Å². The molecule has 24 heavy (non-hydrogen) atoms. The molecule has 0 bridgehead atoms. The van der Waals surface area contributed by atoms with Crippen LogP contribution in [0.2, 0.25) is 0 Å². The molecule has 0 aromatic carbocycles. The number of nitrogens with two attached hydrogens (primary N) is 3. The van der Waals surface area contributed by atoms with Gasteiger partial charge in [0.05, 0.1) is 5.92 Å². The Morgan fingerprint density at radius 3 is 2.62 bits per heavy atom. The van der Waals surface area contributed by atoms with Gasteiger partial charge in [0.15, 0.2) is 0 Å². The molecule has 1 atom stereocenters. The second-order valence-electron chi connectivity index (χ2n) is 5.06. The minimum atomic E-state index is -0.849. The minimum absolute atomic E-state index is 0.246. The Balaban J connectivity index is 0.000000446. The highest BCUT2D eigenvalue weighted by Crippen LogP contribution is 2.11. The number of aliphatic carboxylic acids is 1. The van der Waals surface area contributed by atoms with Gasteiger partial charge in [0.25, 0.3) is 0 Å². The van der Waals surface area contributed by atoms with Crippen molar-refractivity contribution in [3.63, 3.8) is 0 Å². The van der Waals surface area contributed by atoms with Gasteiger partial charge in [-0.05, 0) is 18.9 Å². The van der Waals surface area contributed by atoms with Crippen LogP contribution in [-0.2, 0) is 4.79 Å². The number of hydrazone groups is 1. The predicted molar refractivity (Wildman–Crippen MR) is 93.1 cm³/mol. The van der Waals surface area contributed by atoms with E-state index >= 15 is 0 Å². The first-order valence-corrected chi connectivity index (χ1v) is 7.70. The standard InChI is InChI=1S/C8H12N2O.C7H16N4O2/c1-7-2-3-8(10-6-7)11-5-4-9;1-2-3-5(7(12)13)4-6(10-8)11-9/h2-3,6H,4-5,9H2,1H3;5H,2-4,8-9H2,1H3,(H,10,11)(H,12,13)/t;5-/m.0/s1. The maximum Gasteiger partial charge on any atom is 0.306 e. The lowest BCUT2D eigenvalue weighted by Gasteiger charge is -2.11. The van der Waals surface area contributed by atoms with Crippen molar-refractivity contribution in [1.82, 2.24) is 10.4 Å².